The van der Waals surface area contributed by atoms with Crippen molar-refractivity contribution in [1.29, 1.82) is 0 Å². The summed E-state index contributed by atoms with van der Waals surface area (Å²) < 4.78 is 50.7. The van der Waals surface area contributed by atoms with Gasteiger partial charge in [-0.15, -0.1) is 0 Å². The van der Waals surface area contributed by atoms with E-state index in [1.165, 1.54) is 24.1 Å². The number of nitrogens with one attached hydrogen (secondary N) is 1. The molecule has 1 aromatic carbocycles. The lowest BCUT2D eigenvalue weighted by Crippen LogP contribution is -2.28. The van der Waals surface area contributed by atoms with Crippen molar-refractivity contribution >= 4 is 5.91 Å². The number of aromatic nitrogens is 3. The fraction of sp³-hybridized carbons (Fsp3) is 0.348. The van der Waals surface area contributed by atoms with E-state index in [9.17, 15) is 18.0 Å². The third-order valence-electron chi connectivity index (χ3n) is 5.14. The van der Waals surface area contributed by atoms with Crippen LogP contribution in [-0.4, -0.2) is 34.9 Å². The van der Waals surface area contributed by atoms with E-state index in [1.54, 1.807) is 25.3 Å². The molecule has 0 aliphatic heterocycles. The minimum atomic E-state index is -4.49. The van der Waals surface area contributed by atoms with Gasteiger partial charge in [-0.2, -0.15) is 18.3 Å². The second-order valence-corrected chi connectivity index (χ2v) is 7.72. The molecule has 0 fully saturated rings. The minimum Gasteiger partial charge on any atom is -0.497 e. The molecule has 1 N–H and O–H groups in total. The Morgan fingerprint density at radius 3 is 2.33 bits per heavy atom. The molecule has 0 saturated heterocycles. The summed E-state index contributed by atoms with van der Waals surface area (Å²) in [5, 5.41) is 7.16. The molecule has 176 valence electrons. The molecule has 33 heavy (non-hydrogen) atoms. The Morgan fingerprint density at radius 1 is 1.06 bits per heavy atom. The normalized spacial score (nSPS) is 12.5. The smallest absolute Gasteiger partial charge is 0.417 e. The molecule has 2 aromatic heterocycles. The van der Waals surface area contributed by atoms with Crippen LogP contribution in [-0.2, 0) is 6.18 Å². The molecular formula is C23H25F3N4O3. The Labute approximate surface area is 189 Å². The van der Waals surface area contributed by atoms with Crippen LogP contribution < -0.4 is 14.8 Å². The van der Waals surface area contributed by atoms with Gasteiger partial charge in [0.2, 0.25) is 0 Å². The van der Waals surface area contributed by atoms with E-state index in [0.29, 0.717) is 22.8 Å². The third-order valence-corrected chi connectivity index (χ3v) is 5.14. The summed E-state index contributed by atoms with van der Waals surface area (Å²) in [6.07, 6.45) is -2.35. The van der Waals surface area contributed by atoms with Crippen molar-refractivity contribution in [1.82, 2.24) is 20.1 Å². The van der Waals surface area contributed by atoms with Crippen molar-refractivity contribution in [3.8, 4) is 17.3 Å². The van der Waals surface area contributed by atoms with Crippen LogP contribution in [0.2, 0.25) is 0 Å². The van der Waals surface area contributed by atoms with E-state index in [1.807, 2.05) is 20.8 Å². The Kier molecular flexibility index (Phi) is 6.95. The molecule has 0 radical (unpaired) electrons. The van der Waals surface area contributed by atoms with Gasteiger partial charge in [0.05, 0.1) is 43.3 Å². The van der Waals surface area contributed by atoms with Crippen molar-refractivity contribution in [2.24, 2.45) is 0 Å². The Hall–Kier alpha value is -3.56. The summed E-state index contributed by atoms with van der Waals surface area (Å²) in [6, 6.07) is 7.04. The van der Waals surface area contributed by atoms with Gasteiger partial charge in [-0.05, 0) is 43.2 Å². The molecule has 1 atom stereocenters. The van der Waals surface area contributed by atoms with E-state index < -0.39 is 17.8 Å². The molecule has 7 nitrogen and oxygen atoms in total. The number of nitrogens with zero attached hydrogens (tertiary/aromatic N) is 3. The van der Waals surface area contributed by atoms with Gasteiger partial charge < -0.3 is 14.8 Å². The Balaban J connectivity index is 1.91. The van der Waals surface area contributed by atoms with Gasteiger partial charge in [0, 0.05) is 11.8 Å². The zero-order chi connectivity index (χ0) is 24.3. The van der Waals surface area contributed by atoms with Crippen molar-refractivity contribution < 1.29 is 27.4 Å². The van der Waals surface area contributed by atoms with Crippen LogP contribution in [0.25, 0.3) is 5.82 Å². The molecule has 0 aliphatic carbocycles. The first-order chi connectivity index (χ1) is 15.6. The highest BCUT2D eigenvalue weighted by molar-refractivity contribution is 5.95. The highest BCUT2D eigenvalue weighted by Crippen LogP contribution is 2.31. The molecular weight excluding hydrogens is 437 g/mol. The van der Waals surface area contributed by atoms with Crippen LogP contribution in [0.5, 0.6) is 11.5 Å². The summed E-state index contributed by atoms with van der Waals surface area (Å²) in [7, 11) is 3.09. The lowest BCUT2D eigenvalue weighted by Gasteiger charge is -2.19. The van der Waals surface area contributed by atoms with Gasteiger partial charge >= 0.3 is 6.18 Å². The van der Waals surface area contributed by atoms with E-state index in [0.717, 1.165) is 17.8 Å². The summed E-state index contributed by atoms with van der Waals surface area (Å²) in [5.41, 5.74) is 0.710. The Bertz CT molecular complexity index is 1120. The van der Waals surface area contributed by atoms with E-state index in [-0.39, 0.29) is 17.6 Å². The number of alkyl halides is 3. The fourth-order valence-corrected chi connectivity index (χ4v) is 3.48. The molecule has 0 aliphatic rings. The standard InChI is InChI=1S/C23H25F3N4O3/c1-13(2)21-18(12-28-30(21)20-9-6-15(11-27-20)23(24,25)26)22(31)29-14(3)17-10-16(32-4)7-8-19(17)33-5/h6-14H,1-5H3,(H,29,31). The van der Waals surface area contributed by atoms with Crippen LogP contribution in [0.15, 0.2) is 42.7 Å². The van der Waals surface area contributed by atoms with Gasteiger partial charge in [-0.3, -0.25) is 4.79 Å². The highest BCUT2D eigenvalue weighted by Gasteiger charge is 2.31. The molecule has 3 aromatic rings. The number of ether oxygens (including phenoxy) is 2. The maximum Gasteiger partial charge on any atom is 0.417 e. The number of benzene rings is 1. The first-order valence-corrected chi connectivity index (χ1v) is 10.2. The van der Waals surface area contributed by atoms with Gasteiger partial charge in [-0.1, -0.05) is 13.8 Å². The van der Waals surface area contributed by atoms with Gasteiger partial charge in [-0.25, -0.2) is 9.67 Å². The highest BCUT2D eigenvalue weighted by atomic mass is 19.4. The number of hydrogen-bond donors (Lipinski definition) is 1. The van der Waals surface area contributed by atoms with Crippen molar-refractivity contribution in [2.75, 3.05) is 14.2 Å². The number of hydrogen-bond acceptors (Lipinski definition) is 5. The Morgan fingerprint density at radius 2 is 1.79 bits per heavy atom. The quantitative estimate of drug-likeness (QED) is 0.539. The summed E-state index contributed by atoms with van der Waals surface area (Å²) in [4.78, 5) is 17.0. The summed E-state index contributed by atoms with van der Waals surface area (Å²) >= 11 is 0. The van der Waals surface area contributed by atoms with Gasteiger partial charge in [0.1, 0.15) is 11.5 Å². The predicted molar refractivity (Wildman–Crippen MR) is 116 cm³/mol. The lowest BCUT2D eigenvalue weighted by atomic mass is 10.0. The number of carbonyl (C=O) groups is 1. The number of methoxy groups -OCH3 is 2. The predicted octanol–water partition coefficient (Wildman–Crippen LogP) is 4.92. The molecule has 1 amide bonds. The average Bonchev–Trinajstić information content (AvgIpc) is 3.23. The van der Waals surface area contributed by atoms with Crippen LogP contribution >= 0.6 is 0 Å². The van der Waals surface area contributed by atoms with Crippen molar-refractivity contribution in [3.05, 3.63) is 65.1 Å². The maximum absolute atomic E-state index is 13.1. The SMILES string of the molecule is COc1ccc(OC)c(C(C)NC(=O)c2cnn(-c3ccc(C(F)(F)F)cn3)c2C(C)C)c1. The molecule has 3 rings (SSSR count). The molecule has 0 saturated carbocycles. The molecule has 2 heterocycles. The number of carbonyl (C=O) groups excluding carboxylic acids is 1. The fourth-order valence-electron chi connectivity index (χ4n) is 3.48. The van der Waals surface area contributed by atoms with E-state index >= 15 is 0 Å². The molecule has 0 bridgehead atoms. The summed E-state index contributed by atoms with van der Waals surface area (Å²) in [6.45, 7) is 5.54. The van der Waals surface area contributed by atoms with Gasteiger partial charge in [0.25, 0.3) is 5.91 Å². The molecule has 1 unspecified atom stereocenters. The minimum absolute atomic E-state index is 0.154. The zero-order valence-corrected chi connectivity index (χ0v) is 18.9. The first-order valence-electron chi connectivity index (χ1n) is 10.2. The molecule has 10 heteroatoms. The number of halogens is 3. The topological polar surface area (TPSA) is 78.3 Å². The molecule has 0 spiro atoms. The van der Waals surface area contributed by atoms with Crippen molar-refractivity contribution in [3.63, 3.8) is 0 Å². The van der Waals surface area contributed by atoms with Crippen LogP contribution in [0.4, 0.5) is 13.2 Å². The second kappa shape index (κ2) is 9.51. The van der Waals surface area contributed by atoms with Crippen LogP contribution in [0.1, 0.15) is 59.9 Å². The van der Waals surface area contributed by atoms with E-state index in [2.05, 4.69) is 15.4 Å². The van der Waals surface area contributed by atoms with E-state index in [4.69, 9.17) is 9.47 Å². The lowest BCUT2D eigenvalue weighted by molar-refractivity contribution is -0.137. The zero-order valence-electron chi connectivity index (χ0n) is 18.9. The first kappa shape index (κ1) is 24.1. The number of rotatable bonds is 7. The van der Waals surface area contributed by atoms with Gasteiger partial charge in [0.15, 0.2) is 5.82 Å². The largest absolute Gasteiger partial charge is 0.497 e. The van der Waals surface area contributed by atoms with Crippen molar-refractivity contribution in [2.45, 2.75) is 38.9 Å². The van der Waals surface area contributed by atoms with Crippen LogP contribution in [0, 0.1) is 0 Å². The third kappa shape index (κ3) is 5.10. The monoisotopic (exact) mass is 462 g/mol. The number of amides is 1. The van der Waals surface area contributed by atoms with Crippen LogP contribution in [0.3, 0.4) is 0 Å². The summed E-state index contributed by atoms with van der Waals surface area (Å²) in [5.74, 6) is 0.870. The average molecular weight is 462 g/mol. The number of pyridine rings is 1. The maximum atomic E-state index is 13.1. The second-order valence-electron chi connectivity index (χ2n) is 7.72.